The van der Waals surface area contributed by atoms with Crippen molar-refractivity contribution in [2.45, 2.75) is 18.9 Å². The van der Waals surface area contributed by atoms with E-state index in [1.54, 1.807) is 0 Å². The van der Waals surface area contributed by atoms with Crippen LogP contribution in [0.3, 0.4) is 0 Å². The van der Waals surface area contributed by atoms with E-state index in [-0.39, 0.29) is 11.7 Å². The highest BCUT2D eigenvalue weighted by Gasteiger charge is 2.15. The van der Waals surface area contributed by atoms with Gasteiger partial charge in [-0.15, -0.1) is 0 Å². The summed E-state index contributed by atoms with van der Waals surface area (Å²) in [5, 5.41) is 13.6. The van der Waals surface area contributed by atoms with E-state index in [1.807, 2.05) is 0 Å². The molecule has 0 amide bonds. The average molecular weight is 224 g/mol. The van der Waals surface area contributed by atoms with Gasteiger partial charge in [-0.3, -0.25) is 10.1 Å². The lowest BCUT2D eigenvalue weighted by Crippen LogP contribution is -2.28. The molecule has 0 aromatic carbocycles. The van der Waals surface area contributed by atoms with E-state index < -0.39 is 4.92 Å². The van der Waals surface area contributed by atoms with Crippen molar-refractivity contribution in [3.05, 3.63) is 22.5 Å². The highest BCUT2D eigenvalue weighted by molar-refractivity contribution is 5.21. The van der Waals surface area contributed by atoms with Crippen molar-refractivity contribution in [1.29, 1.82) is 0 Å². The summed E-state index contributed by atoms with van der Waals surface area (Å²) in [5.74, 6) is 0. The molecule has 0 saturated carbocycles. The lowest BCUT2D eigenvalue weighted by atomic mass is 10.2. The molecular formula is C9H12N4O3. The topological polar surface area (TPSA) is 90.2 Å². The molecule has 0 radical (unpaired) electrons. The van der Waals surface area contributed by atoms with Crippen LogP contribution in [0.4, 0.5) is 5.69 Å². The van der Waals surface area contributed by atoms with Gasteiger partial charge in [0.2, 0.25) is 0 Å². The van der Waals surface area contributed by atoms with Crippen LogP contribution in [0.25, 0.3) is 0 Å². The lowest BCUT2D eigenvalue weighted by Gasteiger charge is -2.09. The normalized spacial score (nSPS) is 19.6. The van der Waals surface area contributed by atoms with Crippen LogP contribution in [0.15, 0.2) is 12.4 Å². The number of hydrogen-bond acceptors (Lipinski definition) is 6. The van der Waals surface area contributed by atoms with Crippen molar-refractivity contribution in [3.8, 4) is 6.01 Å². The molecule has 1 N–H and O–H groups in total. The Morgan fingerprint density at radius 3 is 2.88 bits per heavy atom. The summed E-state index contributed by atoms with van der Waals surface area (Å²) < 4.78 is 5.32. The monoisotopic (exact) mass is 224 g/mol. The number of nitro groups is 1. The minimum atomic E-state index is -0.539. The summed E-state index contributed by atoms with van der Waals surface area (Å²) in [6, 6.07) is 0.512. The highest BCUT2D eigenvalue weighted by Crippen LogP contribution is 2.11. The lowest BCUT2D eigenvalue weighted by molar-refractivity contribution is -0.385. The van der Waals surface area contributed by atoms with Crippen molar-refractivity contribution < 1.29 is 9.66 Å². The van der Waals surface area contributed by atoms with Gasteiger partial charge in [-0.2, -0.15) is 9.97 Å². The van der Waals surface area contributed by atoms with Gasteiger partial charge in [0.05, 0.1) is 4.92 Å². The van der Waals surface area contributed by atoms with E-state index in [2.05, 4.69) is 15.3 Å². The molecule has 1 aliphatic rings. The quantitative estimate of drug-likeness (QED) is 0.592. The molecule has 1 aliphatic heterocycles. The third-order valence-electron chi connectivity index (χ3n) is 2.40. The Morgan fingerprint density at radius 2 is 2.31 bits per heavy atom. The predicted molar refractivity (Wildman–Crippen MR) is 55.2 cm³/mol. The molecule has 1 fully saturated rings. The van der Waals surface area contributed by atoms with Gasteiger partial charge in [0.25, 0.3) is 0 Å². The summed E-state index contributed by atoms with van der Waals surface area (Å²) in [5.41, 5.74) is -0.133. The minimum absolute atomic E-state index is 0.133. The van der Waals surface area contributed by atoms with Crippen LogP contribution in [-0.2, 0) is 0 Å². The summed E-state index contributed by atoms with van der Waals surface area (Å²) in [6.45, 7) is 1.51. The Kier molecular flexibility index (Phi) is 3.25. The zero-order valence-electron chi connectivity index (χ0n) is 8.63. The Labute approximate surface area is 92.0 Å². The van der Waals surface area contributed by atoms with Gasteiger partial charge in [0, 0.05) is 6.04 Å². The largest absolute Gasteiger partial charge is 0.462 e. The fourth-order valence-electron chi connectivity index (χ4n) is 1.55. The molecule has 1 saturated heterocycles. The molecule has 0 aliphatic carbocycles. The van der Waals surface area contributed by atoms with E-state index in [0.29, 0.717) is 12.6 Å². The molecule has 7 nitrogen and oxygen atoms in total. The number of aromatic nitrogens is 2. The molecule has 86 valence electrons. The first kappa shape index (κ1) is 10.7. The van der Waals surface area contributed by atoms with Gasteiger partial charge in [0.1, 0.15) is 19.0 Å². The van der Waals surface area contributed by atoms with Crippen LogP contribution in [0.2, 0.25) is 0 Å². The van der Waals surface area contributed by atoms with Crippen LogP contribution in [-0.4, -0.2) is 34.1 Å². The van der Waals surface area contributed by atoms with E-state index in [9.17, 15) is 10.1 Å². The summed E-state index contributed by atoms with van der Waals surface area (Å²) >= 11 is 0. The first-order valence-electron chi connectivity index (χ1n) is 5.08. The molecule has 1 aromatic rings. The van der Waals surface area contributed by atoms with E-state index >= 15 is 0 Å². The van der Waals surface area contributed by atoms with Crippen LogP contribution in [0.1, 0.15) is 12.8 Å². The van der Waals surface area contributed by atoms with Crippen LogP contribution in [0.5, 0.6) is 6.01 Å². The molecule has 16 heavy (non-hydrogen) atoms. The molecule has 7 heteroatoms. The van der Waals surface area contributed by atoms with Crippen molar-refractivity contribution in [2.75, 3.05) is 13.2 Å². The van der Waals surface area contributed by atoms with Crippen molar-refractivity contribution in [1.82, 2.24) is 15.3 Å². The van der Waals surface area contributed by atoms with Gasteiger partial charge in [0.15, 0.2) is 0 Å². The predicted octanol–water partition coefficient (Wildman–Crippen LogP) is 0.516. The number of hydrogen-bond donors (Lipinski definition) is 1. The number of rotatable bonds is 4. The van der Waals surface area contributed by atoms with Crippen LogP contribution < -0.4 is 10.1 Å². The maximum atomic E-state index is 10.4. The van der Waals surface area contributed by atoms with Crippen molar-refractivity contribution >= 4 is 5.69 Å². The SMILES string of the molecule is O=[N+]([O-])c1cnc(OCC2CCCN2)nc1. The Balaban J connectivity index is 1.87. The maximum absolute atomic E-state index is 10.4. The summed E-state index contributed by atoms with van der Waals surface area (Å²) in [7, 11) is 0. The van der Waals surface area contributed by atoms with E-state index in [4.69, 9.17) is 4.74 Å². The molecule has 2 heterocycles. The molecule has 0 spiro atoms. The Hall–Kier alpha value is -1.76. The highest BCUT2D eigenvalue weighted by atomic mass is 16.6. The van der Waals surface area contributed by atoms with Gasteiger partial charge in [-0.25, -0.2) is 0 Å². The third-order valence-corrected chi connectivity index (χ3v) is 2.40. The van der Waals surface area contributed by atoms with E-state index in [1.165, 1.54) is 0 Å². The van der Waals surface area contributed by atoms with Crippen molar-refractivity contribution in [2.24, 2.45) is 0 Å². The van der Waals surface area contributed by atoms with Crippen molar-refractivity contribution in [3.63, 3.8) is 0 Å². The first-order chi connectivity index (χ1) is 7.75. The molecule has 1 atom stereocenters. The first-order valence-corrected chi connectivity index (χ1v) is 5.08. The average Bonchev–Trinajstić information content (AvgIpc) is 2.80. The maximum Gasteiger partial charge on any atom is 0.316 e. The van der Waals surface area contributed by atoms with Crippen LogP contribution >= 0.6 is 0 Å². The van der Waals surface area contributed by atoms with Gasteiger partial charge >= 0.3 is 11.7 Å². The zero-order valence-corrected chi connectivity index (χ0v) is 8.63. The second-order valence-corrected chi connectivity index (χ2v) is 3.59. The molecular weight excluding hydrogens is 212 g/mol. The fraction of sp³-hybridized carbons (Fsp3) is 0.556. The van der Waals surface area contributed by atoms with Gasteiger partial charge in [-0.1, -0.05) is 0 Å². The standard InChI is InChI=1S/C9H12N4O3/c14-13(15)8-4-11-9(12-5-8)16-6-7-2-1-3-10-7/h4-5,7,10H,1-3,6H2. The molecule has 0 bridgehead atoms. The zero-order chi connectivity index (χ0) is 11.4. The van der Waals surface area contributed by atoms with Gasteiger partial charge < -0.3 is 10.1 Å². The molecule has 2 rings (SSSR count). The number of ether oxygens (including phenoxy) is 1. The van der Waals surface area contributed by atoms with Gasteiger partial charge in [-0.05, 0) is 19.4 Å². The Bertz CT molecular complexity index is 362. The number of nitrogens with one attached hydrogen (secondary N) is 1. The Morgan fingerprint density at radius 1 is 1.56 bits per heavy atom. The number of nitrogens with zero attached hydrogens (tertiary/aromatic N) is 3. The summed E-state index contributed by atoms with van der Waals surface area (Å²) in [4.78, 5) is 17.3. The molecule has 1 aromatic heterocycles. The second-order valence-electron chi connectivity index (χ2n) is 3.59. The fourth-order valence-corrected chi connectivity index (χ4v) is 1.55. The second kappa shape index (κ2) is 4.84. The third kappa shape index (κ3) is 2.63. The van der Waals surface area contributed by atoms with E-state index in [0.717, 1.165) is 31.8 Å². The smallest absolute Gasteiger partial charge is 0.316 e. The summed E-state index contributed by atoms with van der Waals surface area (Å²) in [6.07, 6.45) is 4.51. The van der Waals surface area contributed by atoms with Crippen LogP contribution in [0, 0.1) is 10.1 Å². The molecule has 1 unspecified atom stereocenters. The minimum Gasteiger partial charge on any atom is -0.462 e.